The molecule has 2 saturated heterocycles. The van der Waals surface area contributed by atoms with E-state index in [4.69, 9.17) is 13.9 Å². The smallest absolute Gasteiger partial charge is 0.410 e. The molecule has 12 nitrogen and oxygen atoms in total. The van der Waals surface area contributed by atoms with Crippen LogP contribution in [0.1, 0.15) is 105 Å². The molecule has 15 heteroatoms. The van der Waals surface area contributed by atoms with Gasteiger partial charge in [0.2, 0.25) is 17.7 Å². The number of aryl methyl sites for hydroxylation is 1. The van der Waals surface area contributed by atoms with Crippen molar-refractivity contribution in [3.8, 4) is 0 Å². The lowest BCUT2D eigenvalue weighted by Gasteiger charge is -2.45. The molecule has 3 heterocycles. The van der Waals surface area contributed by atoms with E-state index < -0.39 is 73.4 Å². The van der Waals surface area contributed by atoms with Crippen LogP contribution in [0.4, 0.5) is 13.6 Å². The fourth-order valence-electron chi connectivity index (χ4n) is 8.73. The largest absolute Gasteiger partial charge is 0.444 e. The Labute approximate surface area is 385 Å². The lowest BCUT2D eigenvalue weighted by molar-refractivity contribution is -0.144. The second kappa shape index (κ2) is 21.3. The topological polar surface area (TPSA) is 139 Å². The maximum atomic E-state index is 15.4. The quantitative estimate of drug-likeness (QED) is 0.121. The zero-order valence-electron chi connectivity index (χ0n) is 40.2. The number of amides is 4. The summed E-state index contributed by atoms with van der Waals surface area (Å²) in [5.74, 6) is -2.97. The number of pyridine rings is 1. The van der Waals surface area contributed by atoms with Crippen LogP contribution >= 0.6 is 0 Å². The predicted octanol–water partition coefficient (Wildman–Crippen LogP) is 8.53. The van der Waals surface area contributed by atoms with Crippen molar-refractivity contribution in [3.05, 3.63) is 101 Å². The summed E-state index contributed by atoms with van der Waals surface area (Å²) < 4.78 is 49.9. The summed E-state index contributed by atoms with van der Waals surface area (Å²) in [6.07, 6.45) is 1.45. The Balaban J connectivity index is 1.63. The summed E-state index contributed by atoms with van der Waals surface area (Å²) in [6.45, 7) is 21.6. The molecule has 0 radical (unpaired) electrons. The number of rotatable bonds is 18. The van der Waals surface area contributed by atoms with Crippen LogP contribution in [0, 0.1) is 17.6 Å². The van der Waals surface area contributed by atoms with Gasteiger partial charge in [0.1, 0.15) is 28.8 Å². The first-order valence-corrected chi connectivity index (χ1v) is 25.9. The molecule has 2 aliphatic heterocycles. The molecule has 0 saturated carbocycles. The molecular formula is C50H71F2N5O7Si. The lowest BCUT2D eigenvalue weighted by Crippen LogP contribution is -2.63. The van der Waals surface area contributed by atoms with Crippen molar-refractivity contribution >= 4 is 32.1 Å². The Kier molecular flexibility index (Phi) is 16.8. The number of carbonyl (C=O) groups excluding carboxylic acids is 4. The van der Waals surface area contributed by atoms with Crippen LogP contribution in [-0.2, 0) is 47.7 Å². The molecule has 65 heavy (non-hydrogen) atoms. The molecule has 4 amide bonds. The number of halogens is 2. The predicted molar refractivity (Wildman–Crippen MR) is 249 cm³/mol. The van der Waals surface area contributed by atoms with Gasteiger partial charge in [0.15, 0.2) is 8.32 Å². The Morgan fingerprint density at radius 1 is 0.969 bits per heavy atom. The molecule has 0 aliphatic carbocycles. The molecule has 356 valence electrons. The monoisotopic (exact) mass is 920 g/mol. The number of ether oxygens (including phenoxy) is 2. The van der Waals surface area contributed by atoms with E-state index >= 15 is 13.6 Å². The third kappa shape index (κ3) is 13.2. The van der Waals surface area contributed by atoms with Crippen molar-refractivity contribution < 1.29 is 41.9 Å². The van der Waals surface area contributed by atoms with Gasteiger partial charge < -0.3 is 29.4 Å². The summed E-state index contributed by atoms with van der Waals surface area (Å²) in [7, 11) is -2.80. The zero-order valence-corrected chi connectivity index (χ0v) is 41.2. The average molecular weight is 920 g/mol. The first-order valence-electron chi connectivity index (χ1n) is 23.0. The standard InChI is InChI=1S/C50H71F2N5O7Si/c1-12-33(2)50(55-34(3)58)23-25-56(46(50)60)42(22-21-35-18-14-13-15-19-35)45(59)54-41(28-36-26-37(51)29-38(52)27-36)44(64-65(10,11)49(7,8)9)43-30-40(62-32-39-20-16-17-24-53-39)31-57(43)47(61)63-48(4,5)6/h13-20,24,26-27,29,33,40-44H,12,21-23,25,28,30-32H2,1-11H3,(H,54,59)(H,55,58)/t33-,40-,41+,42?,43-,44+,50?/m1/s1. The zero-order chi connectivity index (χ0) is 47.9. The first-order chi connectivity index (χ1) is 30.4. The van der Waals surface area contributed by atoms with Crippen LogP contribution in [0.5, 0.6) is 0 Å². The highest BCUT2D eigenvalue weighted by Gasteiger charge is 2.54. The van der Waals surface area contributed by atoms with Crippen molar-refractivity contribution in [3.63, 3.8) is 0 Å². The van der Waals surface area contributed by atoms with Crippen LogP contribution in [0.3, 0.4) is 0 Å². The molecule has 2 aliphatic rings. The van der Waals surface area contributed by atoms with Crippen LogP contribution in [0.25, 0.3) is 0 Å². The number of aromatic nitrogens is 1. The molecule has 2 unspecified atom stereocenters. The molecule has 2 aromatic carbocycles. The van der Waals surface area contributed by atoms with Crippen molar-refractivity contribution in [2.75, 3.05) is 13.1 Å². The van der Waals surface area contributed by atoms with Crippen LogP contribution in [0.15, 0.2) is 72.9 Å². The van der Waals surface area contributed by atoms with Gasteiger partial charge in [-0.1, -0.05) is 77.4 Å². The fourth-order valence-corrected chi connectivity index (χ4v) is 10.1. The second-order valence-corrected chi connectivity index (χ2v) is 25.1. The summed E-state index contributed by atoms with van der Waals surface area (Å²) in [4.78, 5) is 64.8. The van der Waals surface area contributed by atoms with Gasteiger partial charge in [-0.25, -0.2) is 13.6 Å². The van der Waals surface area contributed by atoms with Crippen molar-refractivity contribution in [1.82, 2.24) is 25.4 Å². The molecule has 2 N–H and O–H groups in total. The fraction of sp³-hybridized carbons (Fsp3) is 0.580. The molecular weight excluding hydrogens is 849 g/mol. The minimum atomic E-state index is -2.80. The SMILES string of the molecule is CC[C@@H](C)C1(NC(C)=O)CCN(C(CCc2ccccc2)C(=O)N[C@@H](Cc2cc(F)cc(F)c2)[C@H](O[Si](C)(C)C(C)(C)C)[C@H]2C[C@@H](OCc3ccccn3)CN2C(=O)OC(C)(C)C)C1=O. The summed E-state index contributed by atoms with van der Waals surface area (Å²) in [5, 5.41) is 5.91. The molecule has 3 aromatic rings. The Bertz CT molecular complexity index is 2080. The van der Waals surface area contributed by atoms with Gasteiger partial charge in [0.05, 0.1) is 43.1 Å². The third-order valence-electron chi connectivity index (χ3n) is 13.3. The van der Waals surface area contributed by atoms with Gasteiger partial charge in [-0.05, 0) is 112 Å². The molecule has 7 atom stereocenters. The minimum absolute atomic E-state index is 0.0835. The minimum Gasteiger partial charge on any atom is -0.444 e. The van der Waals surface area contributed by atoms with Crippen molar-refractivity contribution in [2.45, 2.75) is 167 Å². The van der Waals surface area contributed by atoms with E-state index in [2.05, 4.69) is 49.5 Å². The highest BCUT2D eigenvalue weighted by atomic mass is 28.4. The molecule has 2 fully saturated rings. The molecule has 5 rings (SSSR count). The van der Waals surface area contributed by atoms with Gasteiger partial charge in [-0.3, -0.25) is 24.3 Å². The van der Waals surface area contributed by atoms with Gasteiger partial charge in [0, 0.05) is 25.7 Å². The number of nitrogens with one attached hydrogen (secondary N) is 2. The Hall–Kier alpha value is -4.73. The van der Waals surface area contributed by atoms with Crippen LogP contribution < -0.4 is 10.6 Å². The van der Waals surface area contributed by atoms with Crippen molar-refractivity contribution in [2.24, 2.45) is 5.92 Å². The summed E-state index contributed by atoms with van der Waals surface area (Å²) in [6, 6.07) is 15.7. The number of carbonyl (C=O) groups is 4. The maximum Gasteiger partial charge on any atom is 0.410 e. The first kappa shape index (κ1) is 51.3. The number of likely N-dealkylation sites (tertiary alicyclic amines) is 2. The van der Waals surface area contributed by atoms with E-state index in [9.17, 15) is 14.4 Å². The number of nitrogens with zero attached hydrogens (tertiary/aromatic N) is 3. The van der Waals surface area contributed by atoms with Gasteiger partial charge >= 0.3 is 6.09 Å². The van der Waals surface area contributed by atoms with Gasteiger partial charge in [0.25, 0.3) is 0 Å². The lowest BCUT2D eigenvalue weighted by atomic mass is 9.81. The molecule has 0 bridgehead atoms. The van der Waals surface area contributed by atoms with Gasteiger partial charge in [-0.15, -0.1) is 0 Å². The van der Waals surface area contributed by atoms with E-state index in [1.165, 1.54) is 19.1 Å². The molecule has 1 aromatic heterocycles. The normalized spacial score (nSPS) is 21.2. The highest BCUT2D eigenvalue weighted by molar-refractivity contribution is 6.74. The Morgan fingerprint density at radius 2 is 1.63 bits per heavy atom. The van der Waals surface area contributed by atoms with Crippen LogP contribution in [-0.4, -0.2) is 101 Å². The average Bonchev–Trinajstić information content (AvgIpc) is 3.79. The summed E-state index contributed by atoms with van der Waals surface area (Å²) in [5.41, 5.74) is -0.122. The Morgan fingerprint density at radius 3 is 2.22 bits per heavy atom. The number of benzene rings is 2. The highest BCUT2D eigenvalue weighted by Crippen LogP contribution is 2.41. The maximum absolute atomic E-state index is 15.4. The molecule has 0 spiro atoms. The van der Waals surface area contributed by atoms with E-state index in [0.29, 0.717) is 25.0 Å². The van der Waals surface area contributed by atoms with Gasteiger partial charge in [-0.2, -0.15) is 0 Å². The number of hydrogen-bond donors (Lipinski definition) is 2. The van der Waals surface area contributed by atoms with E-state index in [1.807, 2.05) is 62.4 Å². The third-order valence-corrected chi connectivity index (χ3v) is 17.8. The van der Waals surface area contributed by atoms with E-state index in [1.54, 1.807) is 36.8 Å². The van der Waals surface area contributed by atoms with Crippen molar-refractivity contribution in [1.29, 1.82) is 0 Å². The van der Waals surface area contributed by atoms with Crippen LogP contribution in [0.2, 0.25) is 18.1 Å². The van der Waals surface area contributed by atoms with E-state index in [-0.39, 0.29) is 67.3 Å². The second-order valence-electron chi connectivity index (χ2n) is 20.4. The summed E-state index contributed by atoms with van der Waals surface area (Å²) >= 11 is 0. The number of hydrogen-bond acceptors (Lipinski definition) is 8. The van der Waals surface area contributed by atoms with E-state index in [0.717, 1.165) is 11.6 Å².